The van der Waals surface area contributed by atoms with Crippen LogP contribution >= 0.6 is 0 Å². The molecule has 4 saturated carbocycles. The largest absolute Gasteiger partial charge is 0.463 e. The Labute approximate surface area is 170 Å². The fourth-order valence-electron chi connectivity index (χ4n) is 8.61. The lowest BCUT2D eigenvalue weighted by Gasteiger charge is -2.59. The van der Waals surface area contributed by atoms with Crippen molar-refractivity contribution in [3.63, 3.8) is 0 Å². The summed E-state index contributed by atoms with van der Waals surface area (Å²) >= 11 is 0. The van der Waals surface area contributed by atoms with Crippen LogP contribution in [0.4, 0.5) is 0 Å². The number of hydrogen-bond acceptors (Lipinski definition) is 4. The Morgan fingerprint density at radius 2 is 1.50 bits per heavy atom. The zero-order valence-electron chi connectivity index (χ0n) is 18.0. The summed E-state index contributed by atoms with van der Waals surface area (Å²) in [6.45, 7) is 7.86. The van der Waals surface area contributed by atoms with Gasteiger partial charge in [0, 0.05) is 12.8 Å². The van der Waals surface area contributed by atoms with Crippen LogP contribution in [0.3, 0.4) is 0 Å². The van der Waals surface area contributed by atoms with Gasteiger partial charge in [0.1, 0.15) is 6.10 Å². The Balaban J connectivity index is 1.31. The van der Waals surface area contributed by atoms with E-state index >= 15 is 0 Å². The quantitative estimate of drug-likeness (QED) is 0.626. The van der Waals surface area contributed by atoms with E-state index in [4.69, 9.17) is 14.2 Å². The molecule has 1 aliphatic heterocycles. The number of carbonyl (C=O) groups is 1. The van der Waals surface area contributed by atoms with Crippen LogP contribution < -0.4 is 0 Å². The van der Waals surface area contributed by atoms with Gasteiger partial charge in [-0.2, -0.15) is 0 Å². The van der Waals surface area contributed by atoms with Crippen molar-refractivity contribution in [1.82, 2.24) is 0 Å². The molecular weight excluding hydrogens is 352 g/mol. The fourth-order valence-corrected chi connectivity index (χ4v) is 8.61. The second-order valence-electron chi connectivity index (χ2n) is 10.9. The summed E-state index contributed by atoms with van der Waals surface area (Å²) in [5.41, 5.74) is 0.451. The van der Waals surface area contributed by atoms with Crippen molar-refractivity contribution >= 4 is 5.97 Å². The Morgan fingerprint density at radius 3 is 2.25 bits per heavy atom. The molecule has 158 valence electrons. The van der Waals surface area contributed by atoms with E-state index in [0.29, 0.717) is 11.3 Å². The lowest BCUT2D eigenvalue weighted by molar-refractivity contribution is -0.199. The highest BCUT2D eigenvalue weighted by Gasteiger charge is 2.59. The molecule has 0 aromatic heterocycles. The first-order valence-electron chi connectivity index (χ1n) is 11.9. The molecule has 0 aromatic carbocycles. The molecule has 0 amide bonds. The minimum absolute atomic E-state index is 0.107. The maximum atomic E-state index is 11.4. The summed E-state index contributed by atoms with van der Waals surface area (Å²) in [5.74, 6) is 4.31. The molecule has 0 aromatic rings. The van der Waals surface area contributed by atoms with Gasteiger partial charge < -0.3 is 14.2 Å². The normalized spacial score (nSPS) is 49.8. The third-order valence-electron chi connectivity index (χ3n) is 9.80. The maximum absolute atomic E-state index is 11.4. The van der Waals surface area contributed by atoms with Gasteiger partial charge >= 0.3 is 5.97 Å². The number of carbonyl (C=O) groups excluding carboxylic acids is 1. The minimum Gasteiger partial charge on any atom is -0.463 e. The molecule has 28 heavy (non-hydrogen) atoms. The second kappa shape index (κ2) is 6.97. The van der Waals surface area contributed by atoms with Crippen molar-refractivity contribution in [2.24, 2.45) is 40.9 Å². The van der Waals surface area contributed by atoms with Gasteiger partial charge in [-0.15, -0.1) is 0 Å². The third-order valence-corrected chi connectivity index (χ3v) is 9.80. The van der Waals surface area contributed by atoms with Crippen LogP contribution in [0, 0.1) is 40.9 Å². The van der Waals surface area contributed by atoms with E-state index in [2.05, 4.69) is 13.8 Å². The monoisotopic (exact) mass is 390 g/mol. The molecule has 5 fully saturated rings. The number of fused-ring (bicyclic) bond motifs is 5. The van der Waals surface area contributed by atoms with Crippen LogP contribution in [-0.2, 0) is 19.0 Å². The van der Waals surface area contributed by atoms with Crippen LogP contribution in [0.1, 0.15) is 78.6 Å². The number of ether oxygens (including phenoxy) is 3. The Bertz CT molecular complexity index is 612. The standard InChI is InChI=1S/C24H38O4/c1-15(25)28-17-10-11-23(2)16(14-17)4-5-19-18-6-9-22(20(18)7-8-21(19)23)24(3)26-12-13-27-24/h16-22H,4-14H2,1-3H3/t16-,17+,18?,19?,20+,21?,22+,23+/m1/s1. The topological polar surface area (TPSA) is 44.8 Å². The molecule has 0 N–H and O–H groups in total. The second-order valence-corrected chi connectivity index (χ2v) is 10.9. The molecule has 4 heteroatoms. The highest BCUT2D eigenvalue weighted by atomic mass is 16.7. The van der Waals surface area contributed by atoms with E-state index in [-0.39, 0.29) is 17.9 Å². The van der Waals surface area contributed by atoms with Crippen molar-refractivity contribution in [1.29, 1.82) is 0 Å². The number of hydrogen-bond donors (Lipinski definition) is 0. The van der Waals surface area contributed by atoms with Crippen molar-refractivity contribution in [3.8, 4) is 0 Å². The van der Waals surface area contributed by atoms with Gasteiger partial charge in [-0.1, -0.05) is 6.92 Å². The zero-order valence-corrected chi connectivity index (χ0v) is 18.0. The highest BCUT2D eigenvalue weighted by molar-refractivity contribution is 5.66. The molecule has 0 radical (unpaired) electrons. The number of esters is 1. The van der Waals surface area contributed by atoms with Gasteiger partial charge in [0.2, 0.25) is 0 Å². The van der Waals surface area contributed by atoms with Gasteiger partial charge in [0.25, 0.3) is 0 Å². The van der Waals surface area contributed by atoms with Crippen molar-refractivity contribution in [3.05, 3.63) is 0 Å². The SMILES string of the molecule is CC(=O)O[C@H]1CC[C@]2(C)C3CC[C@H]4C(CC[C@@H]4C4(C)OCCO4)C3CC[C@@H]2C1. The summed E-state index contributed by atoms with van der Waals surface area (Å²) in [4.78, 5) is 11.4. The molecule has 5 aliphatic rings. The van der Waals surface area contributed by atoms with Crippen LogP contribution in [-0.4, -0.2) is 31.1 Å². The molecule has 0 spiro atoms. The van der Waals surface area contributed by atoms with Crippen LogP contribution in [0.25, 0.3) is 0 Å². The lowest BCUT2D eigenvalue weighted by Crippen LogP contribution is -2.53. The average molecular weight is 391 g/mol. The summed E-state index contributed by atoms with van der Waals surface area (Å²) in [6, 6.07) is 0. The first kappa shape index (κ1) is 19.4. The molecule has 1 heterocycles. The smallest absolute Gasteiger partial charge is 0.302 e. The summed E-state index contributed by atoms with van der Waals surface area (Å²) < 4.78 is 17.8. The maximum Gasteiger partial charge on any atom is 0.302 e. The molecular formula is C24H38O4. The molecule has 8 atom stereocenters. The average Bonchev–Trinajstić information content (AvgIpc) is 3.28. The van der Waals surface area contributed by atoms with E-state index in [1.807, 2.05) is 0 Å². The van der Waals surface area contributed by atoms with E-state index in [0.717, 1.165) is 55.6 Å². The predicted molar refractivity (Wildman–Crippen MR) is 106 cm³/mol. The third kappa shape index (κ3) is 2.96. The summed E-state index contributed by atoms with van der Waals surface area (Å²) in [5, 5.41) is 0. The molecule has 4 aliphatic carbocycles. The van der Waals surface area contributed by atoms with E-state index < -0.39 is 0 Å². The van der Waals surface area contributed by atoms with E-state index in [1.165, 1.54) is 44.9 Å². The van der Waals surface area contributed by atoms with Crippen LogP contribution in [0.15, 0.2) is 0 Å². The van der Waals surface area contributed by atoms with Crippen molar-refractivity contribution < 1.29 is 19.0 Å². The fraction of sp³-hybridized carbons (Fsp3) is 0.958. The van der Waals surface area contributed by atoms with Crippen LogP contribution in [0.5, 0.6) is 0 Å². The first-order chi connectivity index (χ1) is 13.4. The van der Waals surface area contributed by atoms with Gasteiger partial charge in [-0.3, -0.25) is 4.79 Å². The molecule has 5 rings (SSSR count). The minimum atomic E-state index is -0.324. The molecule has 1 saturated heterocycles. The zero-order chi connectivity index (χ0) is 19.5. The molecule has 3 unspecified atom stereocenters. The van der Waals surface area contributed by atoms with Gasteiger partial charge in [-0.25, -0.2) is 0 Å². The Kier molecular flexibility index (Phi) is 4.82. The van der Waals surface area contributed by atoms with Crippen molar-refractivity contribution in [2.75, 3.05) is 13.2 Å². The van der Waals surface area contributed by atoms with Gasteiger partial charge in [0.15, 0.2) is 5.79 Å². The molecule has 4 nitrogen and oxygen atoms in total. The summed E-state index contributed by atoms with van der Waals surface area (Å²) in [7, 11) is 0. The number of rotatable bonds is 2. The summed E-state index contributed by atoms with van der Waals surface area (Å²) in [6.07, 6.45) is 11.6. The van der Waals surface area contributed by atoms with Gasteiger partial charge in [-0.05, 0) is 99.7 Å². The first-order valence-corrected chi connectivity index (χ1v) is 11.9. The Morgan fingerprint density at radius 1 is 0.857 bits per heavy atom. The molecule has 0 bridgehead atoms. The van der Waals surface area contributed by atoms with E-state index in [1.54, 1.807) is 6.92 Å². The Hall–Kier alpha value is -0.610. The van der Waals surface area contributed by atoms with Crippen LogP contribution in [0.2, 0.25) is 0 Å². The van der Waals surface area contributed by atoms with Gasteiger partial charge in [0.05, 0.1) is 13.2 Å². The van der Waals surface area contributed by atoms with Crippen molar-refractivity contribution in [2.45, 2.75) is 90.4 Å². The predicted octanol–water partition coefficient (Wildman–Crippen LogP) is 4.95. The lowest BCUT2D eigenvalue weighted by atomic mass is 9.47. The highest BCUT2D eigenvalue weighted by Crippen LogP contribution is 2.65. The van der Waals surface area contributed by atoms with E-state index in [9.17, 15) is 4.79 Å².